The van der Waals surface area contributed by atoms with E-state index < -0.39 is 0 Å². The zero-order chi connectivity index (χ0) is 21.9. The second-order valence-corrected chi connectivity index (χ2v) is 7.67. The number of anilines is 1. The molecule has 0 fully saturated rings. The lowest BCUT2D eigenvalue weighted by molar-refractivity contribution is 0.162. The molecule has 2 N–H and O–H groups in total. The maximum absolute atomic E-state index is 9.19. The molecule has 32 heavy (non-hydrogen) atoms. The number of pyridine rings is 2. The van der Waals surface area contributed by atoms with Crippen LogP contribution >= 0.6 is 0 Å². The fourth-order valence-electron chi connectivity index (χ4n) is 3.85. The maximum atomic E-state index is 9.19. The molecule has 4 aromatic heterocycles. The van der Waals surface area contributed by atoms with E-state index in [-0.39, 0.29) is 12.5 Å². The summed E-state index contributed by atoms with van der Waals surface area (Å²) in [5, 5.41) is 13.6. The summed E-state index contributed by atoms with van der Waals surface area (Å²) in [5.74, 6) is 2.18. The van der Waals surface area contributed by atoms with Gasteiger partial charge < -0.3 is 24.5 Å². The Balaban J connectivity index is 1.32. The first-order valence-electron chi connectivity index (χ1n) is 10.6. The van der Waals surface area contributed by atoms with E-state index in [9.17, 15) is 5.11 Å². The van der Waals surface area contributed by atoms with E-state index in [1.807, 2.05) is 35.0 Å². The highest BCUT2D eigenvalue weighted by molar-refractivity contribution is 5.81. The molecule has 0 saturated heterocycles. The van der Waals surface area contributed by atoms with Crippen LogP contribution in [0.1, 0.15) is 18.4 Å². The molecule has 164 valence electrons. The Hall–Kier alpha value is -3.72. The van der Waals surface area contributed by atoms with Crippen LogP contribution < -0.4 is 14.8 Å². The van der Waals surface area contributed by atoms with Gasteiger partial charge in [0.2, 0.25) is 0 Å². The summed E-state index contributed by atoms with van der Waals surface area (Å²) in [7, 11) is 0. The van der Waals surface area contributed by atoms with Gasteiger partial charge in [-0.15, -0.1) is 0 Å². The average Bonchev–Trinajstić information content (AvgIpc) is 3.24. The number of hydrogen-bond acceptors (Lipinski definition) is 8. The number of aliphatic hydroxyl groups excluding tert-OH is 1. The van der Waals surface area contributed by atoms with Gasteiger partial charge in [-0.3, -0.25) is 0 Å². The predicted octanol–water partition coefficient (Wildman–Crippen LogP) is 2.87. The number of nitrogens with one attached hydrogen (secondary N) is 1. The van der Waals surface area contributed by atoms with Crippen LogP contribution in [0.2, 0.25) is 0 Å². The van der Waals surface area contributed by atoms with Crippen molar-refractivity contribution in [2.24, 2.45) is 0 Å². The second-order valence-electron chi connectivity index (χ2n) is 7.67. The summed E-state index contributed by atoms with van der Waals surface area (Å²) in [6.07, 6.45) is 7.03. The summed E-state index contributed by atoms with van der Waals surface area (Å²) in [5.41, 5.74) is 3.60. The molecule has 1 aliphatic rings. The van der Waals surface area contributed by atoms with E-state index in [1.54, 1.807) is 18.7 Å². The molecule has 0 radical (unpaired) electrons. The van der Waals surface area contributed by atoms with Crippen molar-refractivity contribution < 1.29 is 14.6 Å². The number of fused-ring (bicyclic) bond motifs is 2. The van der Waals surface area contributed by atoms with Crippen molar-refractivity contribution in [1.82, 2.24) is 24.5 Å². The van der Waals surface area contributed by atoms with Crippen LogP contribution in [0.25, 0.3) is 22.3 Å². The van der Waals surface area contributed by atoms with Crippen molar-refractivity contribution in [3.63, 3.8) is 0 Å². The topological polar surface area (TPSA) is 107 Å². The van der Waals surface area contributed by atoms with Crippen molar-refractivity contribution in [1.29, 1.82) is 0 Å². The lowest BCUT2D eigenvalue weighted by Crippen LogP contribution is -2.19. The van der Waals surface area contributed by atoms with Gasteiger partial charge in [0.1, 0.15) is 31.0 Å². The van der Waals surface area contributed by atoms with Crippen LogP contribution in [0.3, 0.4) is 0 Å². The van der Waals surface area contributed by atoms with E-state index in [1.165, 1.54) is 0 Å². The quantitative estimate of drug-likeness (QED) is 0.459. The molecule has 5 rings (SSSR count). The largest absolute Gasteiger partial charge is 0.484 e. The van der Waals surface area contributed by atoms with Gasteiger partial charge in [-0.2, -0.15) is 0 Å². The molecule has 0 unspecified atom stereocenters. The maximum Gasteiger partial charge on any atom is 0.257 e. The standard InChI is InChI=1S/C23H24N6O3/c1-15(18-2-4-24-23-21(18)31-8-9-32-23)12-25-20-11-19(27-14-28-20)17-10-16-3-5-29(6-7-30)22(16)26-13-17/h2-5,10-11,13-15,30H,6-9,12H2,1H3,(H,25,27,28)/t15-/m1/s1. The Morgan fingerprint density at radius 2 is 2.03 bits per heavy atom. The Labute approximate surface area is 185 Å². The number of nitrogens with zero attached hydrogens (tertiary/aromatic N) is 5. The molecule has 0 spiro atoms. The molecule has 0 aromatic carbocycles. The van der Waals surface area contributed by atoms with E-state index in [0.29, 0.717) is 32.2 Å². The molecule has 5 heterocycles. The lowest BCUT2D eigenvalue weighted by Gasteiger charge is -2.22. The van der Waals surface area contributed by atoms with E-state index >= 15 is 0 Å². The van der Waals surface area contributed by atoms with Crippen LogP contribution in [0.4, 0.5) is 5.82 Å². The fraction of sp³-hybridized carbons (Fsp3) is 0.304. The first-order chi connectivity index (χ1) is 15.7. The minimum absolute atomic E-state index is 0.0774. The SMILES string of the molecule is C[C@H](CNc1cc(-c2cnc3c(ccn3CCO)c2)ncn1)c1ccnc2c1OCCO2. The van der Waals surface area contributed by atoms with Crippen LogP contribution in [0.5, 0.6) is 11.6 Å². The highest BCUT2D eigenvalue weighted by Gasteiger charge is 2.20. The predicted molar refractivity (Wildman–Crippen MR) is 120 cm³/mol. The minimum atomic E-state index is 0.0774. The van der Waals surface area contributed by atoms with E-state index in [2.05, 4.69) is 32.2 Å². The van der Waals surface area contributed by atoms with Gasteiger partial charge in [-0.25, -0.2) is 19.9 Å². The number of aliphatic hydroxyl groups is 1. The molecule has 1 aliphatic heterocycles. The number of ether oxygens (including phenoxy) is 2. The first kappa shape index (κ1) is 20.2. The van der Waals surface area contributed by atoms with Gasteiger partial charge in [0, 0.05) is 60.2 Å². The molecule has 9 nitrogen and oxygen atoms in total. The fourth-order valence-corrected chi connectivity index (χ4v) is 3.85. The number of rotatable bonds is 7. The van der Waals surface area contributed by atoms with Crippen LogP contribution in [-0.2, 0) is 6.54 Å². The number of aromatic nitrogens is 5. The Bertz CT molecular complexity index is 1240. The zero-order valence-electron chi connectivity index (χ0n) is 17.7. The molecule has 1 atom stereocenters. The van der Waals surface area contributed by atoms with Crippen molar-refractivity contribution in [3.05, 3.63) is 54.7 Å². The van der Waals surface area contributed by atoms with Gasteiger partial charge in [0.25, 0.3) is 5.88 Å². The van der Waals surface area contributed by atoms with Crippen molar-refractivity contribution >= 4 is 16.9 Å². The van der Waals surface area contributed by atoms with Gasteiger partial charge in [-0.05, 0) is 18.2 Å². The molecule has 4 aromatic rings. The zero-order valence-corrected chi connectivity index (χ0v) is 17.7. The molecule has 0 aliphatic carbocycles. The Morgan fingerprint density at radius 3 is 2.94 bits per heavy atom. The minimum Gasteiger partial charge on any atom is -0.484 e. The molecule has 0 bridgehead atoms. The highest BCUT2D eigenvalue weighted by atomic mass is 16.6. The third kappa shape index (κ3) is 3.94. The first-order valence-corrected chi connectivity index (χ1v) is 10.6. The monoisotopic (exact) mass is 432 g/mol. The summed E-state index contributed by atoms with van der Waals surface area (Å²) in [6.45, 7) is 4.44. The third-order valence-electron chi connectivity index (χ3n) is 5.50. The summed E-state index contributed by atoms with van der Waals surface area (Å²) in [6, 6.07) is 7.92. The highest BCUT2D eigenvalue weighted by Crippen LogP contribution is 2.35. The molecule has 0 amide bonds. The third-order valence-corrected chi connectivity index (χ3v) is 5.50. The van der Waals surface area contributed by atoms with Gasteiger partial charge >= 0.3 is 0 Å². The van der Waals surface area contributed by atoms with Crippen LogP contribution in [0, 0.1) is 0 Å². The lowest BCUT2D eigenvalue weighted by atomic mass is 10.0. The average molecular weight is 432 g/mol. The van der Waals surface area contributed by atoms with Gasteiger partial charge in [0.05, 0.1) is 12.3 Å². The van der Waals surface area contributed by atoms with Gasteiger partial charge in [0.15, 0.2) is 5.75 Å². The Morgan fingerprint density at radius 1 is 1.12 bits per heavy atom. The molecule has 0 saturated carbocycles. The molecular weight excluding hydrogens is 408 g/mol. The summed E-state index contributed by atoms with van der Waals surface area (Å²) < 4.78 is 13.3. The van der Waals surface area contributed by atoms with Crippen molar-refractivity contribution in [2.75, 3.05) is 31.7 Å². The number of hydrogen-bond donors (Lipinski definition) is 2. The van der Waals surface area contributed by atoms with Crippen molar-refractivity contribution in [3.8, 4) is 22.9 Å². The normalized spacial score (nSPS) is 13.8. The Kier molecular flexibility index (Phi) is 5.55. The van der Waals surface area contributed by atoms with E-state index in [4.69, 9.17) is 9.47 Å². The van der Waals surface area contributed by atoms with Crippen molar-refractivity contribution in [2.45, 2.75) is 19.4 Å². The van der Waals surface area contributed by atoms with Crippen LogP contribution in [0.15, 0.2) is 49.2 Å². The summed E-state index contributed by atoms with van der Waals surface area (Å²) >= 11 is 0. The molecular formula is C23H24N6O3. The smallest absolute Gasteiger partial charge is 0.257 e. The summed E-state index contributed by atoms with van der Waals surface area (Å²) in [4.78, 5) is 17.6. The second kappa shape index (κ2) is 8.80. The van der Waals surface area contributed by atoms with E-state index in [0.717, 1.165) is 39.4 Å². The van der Waals surface area contributed by atoms with Crippen LogP contribution in [-0.4, -0.2) is 56.0 Å². The van der Waals surface area contributed by atoms with Gasteiger partial charge in [-0.1, -0.05) is 6.92 Å². The molecule has 9 heteroatoms.